The molecule has 6 nitrogen and oxygen atoms in total. The lowest BCUT2D eigenvalue weighted by Crippen LogP contribution is -2.16. The molecule has 156 valence electrons. The van der Waals surface area contributed by atoms with E-state index in [1.165, 1.54) is 10.5 Å². The largest absolute Gasteiger partial charge is 0.486 e. The Morgan fingerprint density at radius 3 is 2.10 bits per heavy atom. The Labute approximate surface area is 175 Å². The van der Waals surface area contributed by atoms with Crippen LogP contribution in [0.4, 0.5) is 0 Å². The molecule has 0 heterocycles. The van der Waals surface area contributed by atoms with E-state index in [1.807, 2.05) is 24.9 Å². The van der Waals surface area contributed by atoms with Crippen molar-refractivity contribution >= 4 is 23.7 Å². The van der Waals surface area contributed by atoms with Crippen molar-refractivity contribution in [3.63, 3.8) is 0 Å². The lowest BCUT2D eigenvalue weighted by atomic mass is 10.1. The SMILES string of the molecule is CCSc1ccc(OC(CCNC)c2ccccc2)cc1.O=C(O)C=CC(=O)O. The highest BCUT2D eigenvalue weighted by Crippen LogP contribution is 2.27. The fraction of sp³-hybridized carbons (Fsp3) is 0.273. The molecular weight excluding hydrogens is 390 g/mol. The Balaban J connectivity index is 0.000000447. The van der Waals surface area contributed by atoms with E-state index in [2.05, 4.69) is 60.8 Å². The molecule has 2 rings (SSSR count). The van der Waals surface area contributed by atoms with Crippen molar-refractivity contribution in [3.05, 3.63) is 72.3 Å². The van der Waals surface area contributed by atoms with Crippen LogP contribution in [0.3, 0.4) is 0 Å². The van der Waals surface area contributed by atoms with Crippen molar-refractivity contribution in [2.75, 3.05) is 19.3 Å². The first kappa shape index (κ1) is 24.3. The minimum absolute atomic E-state index is 0.0864. The number of rotatable bonds is 10. The second-order valence-corrected chi connectivity index (χ2v) is 7.16. The van der Waals surface area contributed by atoms with Gasteiger partial charge in [-0.25, -0.2) is 9.59 Å². The van der Waals surface area contributed by atoms with Gasteiger partial charge in [-0.05, 0) is 49.2 Å². The van der Waals surface area contributed by atoms with Crippen molar-refractivity contribution < 1.29 is 24.5 Å². The predicted molar refractivity (Wildman–Crippen MR) is 116 cm³/mol. The second-order valence-electron chi connectivity index (χ2n) is 5.82. The Morgan fingerprint density at radius 1 is 1.03 bits per heavy atom. The van der Waals surface area contributed by atoms with Gasteiger partial charge in [-0.3, -0.25) is 0 Å². The fourth-order valence-corrected chi connectivity index (χ4v) is 2.99. The minimum Gasteiger partial charge on any atom is -0.486 e. The summed E-state index contributed by atoms with van der Waals surface area (Å²) < 4.78 is 6.19. The van der Waals surface area contributed by atoms with Crippen molar-refractivity contribution in [2.24, 2.45) is 0 Å². The van der Waals surface area contributed by atoms with Gasteiger partial charge in [0.2, 0.25) is 0 Å². The van der Waals surface area contributed by atoms with Crippen LogP contribution >= 0.6 is 11.8 Å². The molecular formula is C22H27NO5S. The summed E-state index contributed by atoms with van der Waals surface area (Å²) in [6.45, 7) is 3.10. The first-order chi connectivity index (χ1) is 14.0. The van der Waals surface area contributed by atoms with Crippen molar-refractivity contribution in [1.29, 1.82) is 0 Å². The molecule has 0 fully saturated rings. The minimum atomic E-state index is -1.26. The zero-order valence-electron chi connectivity index (χ0n) is 16.6. The number of nitrogens with one attached hydrogen (secondary N) is 1. The van der Waals surface area contributed by atoms with Gasteiger partial charge in [-0.15, -0.1) is 11.8 Å². The van der Waals surface area contributed by atoms with Crippen LogP contribution in [-0.2, 0) is 9.59 Å². The summed E-state index contributed by atoms with van der Waals surface area (Å²) in [7, 11) is 1.97. The smallest absolute Gasteiger partial charge is 0.328 e. The van der Waals surface area contributed by atoms with Crippen molar-refractivity contribution in [1.82, 2.24) is 5.32 Å². The number of hydrogen-bond acceptors (Lipinski definition) is 5. The lowest BCUT2D eigenvalue weighted by molar-refractivity contribution is -0.134. The van der Waals surface area contributed by atoms with Crippen LogP contribution in [0, 0.1) is 0 Å². The molecule has 0 bridgehead atoms. The first-order valence-electron chi connectivity index (χ1n) is 9.19. The topological polar surface area (TPSA) is 95.9 Å². The van der Waals surface area contributed by atoms with Crippen LogP contribution in [0.1, 0.15) is 25.0 Å². The number of carboxylic acid groups (broad SMARTS) is 2. The van der Waals surface area contributed by atoms with E-state index in [-0.39, 0.29) is 6.10 Å². The van der Waals surface area contributed by atoms with Crippen LogP contribution in [0.25, 0.3) is 0 Å². The maximum absolute atomic E-state index is 9.55. The zero-order chi connectivity index (χ0) is 21.5. The summed E-state index contributed by atoms with van der Waals surface area (Å²) in [6, 6.07) is 18.8. The number of aliphatic carboxylic acids is 2. The van der Waals surface area contributed by atoms with E-state index in [0.29, 0.717) is 12.2 Å². The van der Waals surface area contributed by atoms with Crippen molar-refractivity contribution in [3.8, 4) is 5.75 Å². The van der Waals surface area contributed by atoms with E-state index in [1.54, 1.807) is 0 Å². The summed E-state index contributed by atoms with van der Waals surface area (Å²) in [4.78, 5) is 20.4. The highest BCUT2D eigenvalue weighted by atomic mass is 32.2. The van der Waals surface area contributed by atoms with Gasteiger partial charge < -0.3 is 20.3 Å². The second kappa shape index (κ2) is 14.3. The number of thioether (sulfide) groups is 1. The van der Waals surface area contributed by atoms with Crippen LogP contribution in [0.2, 0.25) is 0 Å². The molecule has 0 aromatic heterocycles. The number of benzene rings is 2. The van der Waals surface area contributed by atoms with Crippen LogP contribution in [-0.4, -0.2) is 41.5 Å². The predicted octanol–water partition coefficient (Wildman–Crippen LogP) is 4.24. The average molecular weight is 418 g/mol. The maximum atomic E-state index is 9.55. The lowest BCUT2D eigenvalue weighted by Gasteiger charge is -2.19. The Bertz CT molecular complexity index is 747. The third-order valence-electron chi connectivity index (χ3n) is 3.61. The number of carbonyl (C=O) groups is 2. The van der Waals surface area contributed by atoms with Gasteiger partial charge in [-0.2, -0.15) is 0 Å². The zero-order valence-corrected chi connectivity index (χ0v) is 17.4. The summed E-state index contributed by atoms with van der Waals surface area (Å²) in [5.74, 6) is -0.491. The van der Waals surface area contributed by atoms with Gasteiger partial charge in [0.25, 0.3) is 0 Å². The molecule has 0 radical (unpaired) electrons. The molecule has 3 N–H and O–H groups in total. The van der Waals surface area contributed by atoms with Gasteiger partial charge in [0.1, 0.15) is 11.9 Å². The monoisotopic (exact) mass is 417 g/mol. The van der Waals surface area contributed by atoms with Gasteiger partial charge >= 0.3 is 11.9 Å². The van der Waals surface area contributed by atoms with Gasteiger partial charge in [0, 0.05) is 23.5 Å². The summed E-state index contributed by atoms with van der Waals surface area (Å²) in [5.41, 5.74) is 1.22. The Morgan fingerprint density at radius 2 is 1.62 bits per heavy atom. The molecule has 0 aliphatic heterocycles. The molecule has 0 spiro atoms. The summed E-state index contributed by atoms with van der Waals surface area (Å²) in [5, 5.41) is 18.8. The highest BCUT2D eigenvalue weighted by Gasteiger charge is 2.12. The molecule has 1 atom stereocenters. The average Bonchev–Trinajstić information content (AvgIpc) is 2.72. The van der Waals surface area contributed by atoms with E-state index in [0.717, 1.165) is 24.5 Å². The quantitative estimate of drug-likeness (QED) is 0.393. The van der Waals surface area contributed by atoms with E-state index >= 15 is 0 Å². The molecule has 0 aliphatic carbocycles. The summed E-state index contributed by atoms with van der Waals surface area (Å²) in [6.07, 6.45) is 2.15. The molecule has 1 unspecified atom stereocenters. The molecule has 2 aromatic rings. The van der Waals surface area contributed by atoms with E-state index in [4.69, 9.17) is 14.9 Å². The van der Waals surface area contributed by atoms with Gasteiger partial charge in [0.15, 0.2) is 0 Å². The molecule has 0 aliphatic rings. The summed E-state index contributed by atoms with van der Waals surface area (Å²) >= 11 is 1.85. The van der Waals surface area contributed by atoms with Crippen LogP contribution in [0.5, 0.6) is 5.75 Å². The normalized spacial score (nSPS) is 11.4. The molecule has 29 heavy (non-hydrogen) atoms. The number of hydrogen-bond donors (Lipinski definition) is 3. The van der Waals surface area contributed by atoms with Crippen LogP contribution < -0.4 is 10.1 Å². The van der Waals surface area contributed by atoms with Gasteiger partial charge in [0.05, 0.1) is 0 Å². The maximum Gasteiger partial charge on any atom is 0.328 e. The molecule has 2 aromatic carbocycles. The third kappa shape index (κ3) is 11.0. The number of ether oxygens (including phenoxy) is 1. The third-order valence-corrected chi connectivity index (χ3v) is 4.50. The van der Waals surface area contributed by atoms with E-state index in [9.17, 15) is 9.59 Å². The highest BCUT2D eigenvalue weighted by molar-refractivity contribution is 7.99. The molecule has 0 saturated heterocycles. The van der Waals surface area contributed by atoms with Crippen molar-refractivity contribution in [2.45, 2.75) is 24.3 Å². The molecule has 7 heteroatoms. The van der Waals surface area contributed by atoms with Crippen LogP contribution in [0.15, 0.2) is 71.6 Å². The molecule has 0 saturated carbocycles. The first-order valence-corrected chi connectivity index (χ1v) is 10.2. The Kier molecular flexibility index (Phi) is 11.9. The molecule has 0 amide bonds. The standard InChI is InChI=1S/C18H23NOS.C4H4O4/c1-3-21-17-11-9-16(10-12-17)20-18(13-14-19-2)15-7-5-4-6-8-15;5-3(6)1-2-4(7)8/h4-12,18-19H,3,13-14H2,1-2H3;1-2H,(H,5,6)(H,7,8). The van der Waals surface area contributed by atoms with E-state index < -0.39 is 11.9 Å². The number of carboxylic acids is 2. The fourth-order valence-electron chi connectivity index (χ4n) is 2.32. The Hall–Kier alpha value is -2.77. The van der Waals surface area contributed by atoms with Gasteiger partial charge in [-0.1, -0.05) is 37.3 Å².